The second-order valence-electron chi connectivity index (χ2n) is 6.45. The third-order valence-electron chi connectivity index (χ3n) is 4.72. The van der Waals surface area contributed by atoms with E-state index in [0.717, 1.165) is 36.6 Å². The molecule has 2 heterocycles. The number of fused-ring (bicyclic) bond motifs is 1. The van der Waals surface area contributed by atoms with Crippen LogP contribution in [0.2, 0.25) is 0 Å². The normalized spacial score (nSPS) is 19.6. The molecule has 1 amide bonds. The van der Waals surface area contributed by atoms with Gasteiger partial charge in [-0.3, -0.25) is 9.69 Å². The van der Waals surface area contributed by atoms with Crippen LogP contribution in [0.25, 0.3) is 0 Å². The molecule has 0 aromatic heterocycles. The topological polar surface area (TPSA) is 50.8 Å². The summed E-state index contributed by atoms with van der Waals surface area (Å²) in [7, 11) is 0. The summed E-state index contributed by atoms with van der Waals surface area (Å²) in [5.41, 5.74) is 2.02. The molecule has 130 valence electrons. The molecule has 0 spiro atoms. The number of amides is 1. The molecular formula is C20H22N2O3. The van der Waals surface area contributed by atoms with E-state index in [1.165, 1.54) is 5.56 Å². The molecule has 5 heteroatoms. The predicted octanol–water partition coefficient (Wildman–Crippen LogP) is 3.23. The molecule has 0 radical (unpaired) electrons. The van der Waals surface area contributed by atoms with Gasteiger partial charge in [0.25, 0.3) is 0 Å². The highest BCUT2D eigenvalue weighted by Gasteiger charge is 2.28. The van der Waals surface area contributed by atoms with E-state index in [1.807, 2.05) is 36.4 Å². The van der Waals surface area contributed by atoms with Gasteiger partial charge < -0.3 is 14.8 Å². The number of carbonyl (C=O) groups is 1. The fraction of sp³-hybridized carbons (Fsp3) is 0.350. The fourth-order valence-corrected chi connectivity index (χ4v) is 3.57. The lowest BCUT2D eigenvalue weighted by Crippen LogP contribution is -2.33. The maximum atomic E-state index is 12.4. The summed E-state index contributed by atoms with van der Waals surface area (Å²) in [6, 6.07) is 16.0. The molecule has 2 aromatic rings. The number of anilines is 1. The van der Waals surface area contributed by atoms with E-state index in [0.29, 0.717) is 19.8 Å². The highest BCUT2D eigenvalue weighted by molar-refractivity contribution is 5.92. The van der Waals surface area contributed by atoms with Gasteiger partial charge in [0.2, 0.25) is 5.91 Å². The number of para-hydroxylation sites is 1. The number of likely N-dealkylation sites (tertiary alicyclic amines) is 1. The third kappa shape index (κ3) is 3.61. The second kappa shape index (κ2) is 7.15. The van der Waals surface area contributed by atoms with Gasteiger partial charge in [-0.2, -0.15) is 0 Å². The summed E-state index contributed by atoms with van der Waals surface area (Å²) in [5.74, 6) is 1.64. The van der Waals surface area contributed by atoms with Crippen LogP contribution in [-0.4, -0.2) is 37.1 Å². The van der Waals surface area contributed by atoms with E-state index < -0.39 is 0 Å². The number of hydrogen-bond acceptors (Lipinski definition) is 4. The molecule has 25 heavy (non-hydrogen) atoms. The molecule has 1 N–H and O–H groups in total. The molecule has 1 unspecified atom stereocenters. The molecule has 0 saturated carbocycles. The molecule has 1 fully saturated rings. The van der Waals surface area contributed by atoms with Crippen LogP contribution in [-0.2, 0) is 4.79 Å². The van der Waals surface area contributed by atoms with Crippen molar-refractivity contribution in [2.24, 2.45) is 0 Å². The zero-order valence-electron chi connectivity index (χ0n) is 14.1. The molecule has 2 aliphatic rings. The quantitative estimate of drug-likeness (QED) is 0.930. The largest absolute Gasteiger partial charge is 0.486 e. The SMILES string of the molecule is O=C(CN1CCCC1c1ccc2c(c1)OCCO2)Nc1ccccc1. The minimum atomic E-state index is 0.0237. The number of hydrogen-bond donors (Lipinski definition) is 1. The van der Waals surface area contributed by atoms with Crippen molar-refractivity contribution in [3.63, 3.8) is 0 Å². The number of nitrogens with zero attached hydrogens (tertiary/aromatic N) is 1. The Balaban J connectivity index is 1.44. The lowest BCUT2D eigenvalue weighted by molar-refractivity contribution is -0.117. The molecule has 2 aromatic carbocycles. The average molecular weight is 338 g/mol. The number of carbonyl (C=O) groups excluding carboxylic acids is 1. The molecule has 0 aliphatic carbocycles. The van der Waals surface area contributed by atoms with Gasteiger partial charge in [0.15, 0.2) is 11.5 Å². The van der Waals surface area contributed by atoms with Gasteiger partial charge in [-0.25, -0.2) is 0 Å². The fourth-order valence-electron chi connectivity index (χ4n) is 3.57. The Labute approximate surface area is 147 Å². The number of nitrogens with one attached hydrogen (secondary N) is 1. The van der Waals surface area contributed by atoms with Gasteiger partial charge >= 0.3 is 0 Å². The summed E-state index contributed by atoms with van der Waals surface area (Å²) in [5, 5.41) is 2.97. The smallest absolute Gasteiger partial charge is 0.238 e. The van der Waals surface area contributed by atoms with Crippen molar-refractivity contribution < 1.29 is 14.3 Å². The molecule has 2 aliphatic heterocycles. The van der Waals surface area contributed by atoms with Crippen LogP contribution >= 0.6 is 0 Å². The molecule has 1 atom stereocenters. The van der Waals surface area contributed by atoms with Gasteiger partial charge in [-0.1, -0.05) is 24.3 Å². The van der Waals surface area contributed by atoms with E-state index in [2.05, 4.69) is 22.3 Å². The van der Waals surface area contributed by atoms with Crippen molar-refractivity contribution in [3.8, 4) is 11.5 Å². The van der Waals surface area contributed by atoms with E-state index in [9.17, 15) is 4.79 Å². The van der Waals surface area contributed by atoms with E-state index in [-0.39, 0.29) is 11.9 Å². The minimum Gasteiger partial charge on any atom is -0.486 e. The first-order valence-electron chi connectivity index (χ1n) is 8.78. The molecule has 0 bridgehead atoms. The summed E-state index contributed by atoms with van der Waals surface area (Å²) in [6.45, 7) is 2.52. The van der Waals surface area contributed by atoms with Crippen molar-refractivity contribution in [1.82, 2.24) is 4.90 Å². The van der Waals surface area contributed by atoms with Gasteiger partial charge in [-0.15, -0.1) is 0 Å². The van der Waals surface area contributed by atoms with Gasteiger partial charge in [0.1, 0.15) is 13.2 Å². The first-order chi connectivity index (χ1) is 12.3. The van der Waals surface area contributed by atoms with Crippen LogP contribution in [0.4, 0.5) is 5.69 Å². The molecule has 1 saturated heterocycles. The average Bonchev–Trinajstić information content (AvgIpc) is 3.10. The number of rotatable bonds is 4. The first-order valence-corrected chi connectivity index (χ1v) is 8.78. The van der Waals surface area contributed by atoms with Crippen molar-refractivity contribution in [1.29, 1.82) is 0 Å². The van der Waals surface area contributed by atoms with Crippen LogP contribution < -0.4 is 14.8 Å². The van der Waals surface area contributed by atoms with Crippen LogP contribution in [0.1, 0.15) is 24.4 Å². The van der Waals surface area contributed by atoms with Gasteiger partial charge in [-0.05, 0) is 49.2 Å². The Kier molecular flexibility index (Phi) is 4.57. The standard InChI is InChI=1S/C20H22N2O3/c23-20(21-16-5-2-1-3-6-16)14-22-10-4-7-17(22)15-8-9-18-19(13-15)25-12-11-24-18/h1-3,5-6,8-9,13,17H,4,7,10-12,14H2,(H,21,23). The summed E-state index contributed by atoms with van der Waals surface area (Å²) in [6.07, 6.45) is 2.15. The second-order valence-corrected chi connectivity index (χ2v) is 6.45. The zero-order chi connectivity index (χ0) is 17.1. The highest BCUT2D eigenvalue weighted by atomic mass is 16.6. The lowest BCUT2D eigenvalue weighted by atomic mass is 10.0. The summed E-state index contributed by atoms with van der Waals surface area (Å²) < 4.78 is 11.3. The van der Waals surface area contributed by atoms with Crippen molar-refractivity contribution in [3.05, 3.63) is 54.1 Å². The summed E-state index contributed by atoms with van der Waals surface area (Å²) >= 11 is 0. The van der Waals surface area contributed by atoms with E-state index >= 15 is 0 Å². The van der Waals surface area contributed by atoms with Crippen LogP contribution in [0.3, 0.4) is 0 Å². The van der Waals surface area contributed by atoms with Crippen molar-refractivity contribution >= 4 is 11.6 Å². The van der Waals surface area contributed by atoms with Crippen molar-refractivity contribution in [2.75, 3.05) is 31.6 Å². The molecular weight excluding hydrogens is 316 g/mol. The highest BCUT2D eigenvalue weighted by Crippen LogP contribution is 2.37. The van der Waals surface area contributed by atoms with Crippen LogP contribution in [0, 0.1) is 0 Å². The Morgan fingerprint density at radius 2 is 1.88 bits per heavy atom. The third-order valence-corrected chi connectivity index (χ3v) is 4.72. The zero-order valence-corrected chi connectivity index (χ0v) is 14.1. The van der Waals surface area contributed by atoms with E-state index in [1.54, 1.807) is 0 Å². The van der Waals surface area contributed by atoms with Gasteiger partial charge in [0, 0.05) is 11.7 Å². The lowest BCUT2D eigenvalue weighted by Gasteiger charge is -2.26. The number of ether oxygens (including phenoxy) is 2. The molecule has 4 rings (SSSR count). The number of benzene rings is 2. The Hall–Kier alpha value is -2.53. The van der Waals surface area contributed by atoms with Crippen LogP contribution in [0.5, 0.6) is 11.5 Å². The minimum absolute atomic E-state index is 0.0237. The Morgan fingerprint density at radius 1 is 1.08 bits per heavy atom. The molecule has 5 nitrogen and oxygen atoms in total. The maximum absolute atomic E-state index is 12.4. The monoisotopic (exact) mass is 338 g/mol. The maximum Gasteiger partial charge on any atom is 0.238 e. The summed E-state index contributed by atoms with van der Waals surface area (Å²) in [4.78, 5) is 14.6. The first kappa shape index (κ1) is 16.0. The van der Waals surface area contributed by atoms with Crippen molar-refractivity contribution in [2.45, 2.75) is 18.9 Å². The Morgan fingerprint density at radius 3 is 2.72 bits per heavy atom. The van der Waals surface area contributed by atoms with Crippen LogP contribution in [0.15, 0.2) is 48.5 Å². The predicted molar refractivity (Wildman–Crippen MR) is 96.1 cm³/mol. The van der Waals surface area contributed by atoms with Gasteiger partial charge in [0.05, 0.1) is 6.54 Å². The van der Waals surface area contributed by atoms with E-state index in [4.69, 9.17) is 9.47 Å². The Bertz CT molecular complexity index is 748.